The summed E-state index contributed by atoms with van der Waals surface area (Å²) in [4.78, 5) is 21.2. The molecular formula is C21H23FN4OS. The monoisotopic (exact) mass is 398 g/mol. The molecule has 146 valence electrons. The van der Waals surface area contributed by atoms with Crippen molar-refractivity contribution in [1.29, 1.82) is 0 Å². The first-order valence-electron chi connectivity index (χ1n) is 9.46. The molecule has 1 aliphatic heterocycles. The number of benzene rings is 1. The molecule has 2 amide bonds. The van der Waals surface area contributed by atoms with E-state index in [0.29, 0.717) is 13.1 Å². The van der Waals surface area contributed by atoms with Crippen LogP contribution in [0.15, 0.2) is 41.8 Å². The molecule has 1 fully saturated rings. The van der Waals surface area contributed by atoms with Gasteiger partial charge in [-0.25, -0.2) is 14.2 Å². The van der Waals surface area contributed by atoms with E-state index in [-0.39, 0.29) is 17.9 Å². The van der Waals surface area contributed by atoms with Gasteiger partial charge >= 0.3 is 6.03 Å². The van der Waals surface area contributed by atoms with Crippen molar-refractivity contribution in [1.82, 2.24) is 15.2 Å². The van der Waals surface area contributed by atoms with Crippen LogP contribution in [-0.2, 0) is 0 Å². The lowest BCUT2D eigenvalue weighted by molar-refractivity contribution is 0.192. The van der Waals surface area contributed by atoms with Crippen molar-refractivity contribution >= 4 is 33.3 Å². The Hall–Kier alpha value is -2.67. The smallest absolute Gasteiger partial charge is 0.317 e. The van der Waals surface area contributed by atoms with E-state index in [9.17, 15) is 9.18 Å². The Morgan fingerprint density at radius 1 is 1.14 bits per heavy atom. The molecule has 0 saturated carbocycles. The number of hydrogen-bond acceptors (Lipinski definition) is 4. The van der Waals surface area contributed by atoms with Gasteiger partial charge in [0.15, 0.2) is 0 Å². The normalized spacial score (nSPS) is 14.7. The van der Waals surface area contributed by atoms with Crippen molar-refractivity contribution in [3.63, 3.8) is 0 Å². The van der Waals surface area contributed by atoms with Crippen LogP contribution in [-0.4, -0.2) is 48.1 Å². The van der Waals surface area contributed by atoms with Crippen molar-refractivity contribution < 1.29 is 9.18 Å². The summed E-state index contributed by atoms with van der Waals surface area (Å²) in [5.41, 5.74) is 3.80. The van der Waals surface area contributed by atoms with Gasteiger partial charge < -0.3 is 15.1 Å². The van der Waals surface area contributed by atoms with Crippen LogP contribution in [0.25, 0.3) is 21.5 Å². The highest BCUT2D eigenvalue weighted by Crippen LogP contribution is 2.34. The molecule has 0 aliphatic carbocycles. The van der Waals surface area contributed by atoms with E-state index in [1.165, 1.54) is 12.1 Å². The number of halogens is 1. The second kappa shape index (κ2) is 7.75. The number of pyridine rings is 1. The molecule has 0 radical (unpaired) electrons. The zero-order valence-corrected chi connectivity index (χ0v) is 16.8. The molecule has 4 rings (SSSR count). The third-order valence-electron chi connectivity index (χ3n) is 4.85. The fraction of sp³-hybridized carbons (Fsp3) is 0.333. The first kappa shape index (κ1) is 18.7. The van der Waals surface area contributed by atoms with Crippen molar-refractivity contribution in [2.75, 3.05) is 31.1 Å². The zero-order valence-electron chi connectivity index (χ0n) is 16.0. The lowest BCUT2D eigenvalue weighted by Gasteiger charge is -2.36. The Kier molecular flexibility index (Phi) is 5.17. The third-order valence-corrected chi connectivity index (χ3v) is 5.78. The van der Waals surface area contributed by atoms with Crippen molar-refractivity contribution in [2.24, 2.45) is 0 Å². The number of aromatic nitrogens is 1. The lowest BCUT2D eigenvalue weighted by atomic mass is 10.1. The first-order valence-corrected chi connectivity index (χ1v) is 10.3. The molecule has 7 heteroatoms. The summed E-state index contributed by atoms with van der Waals surface area (Å²) in [6.45, 7) is 6.83. The fourth-order valence-electron chi connectivity index (χ4n) is 3.43. The summed E-state index contributed by atoms with van der Waals surface area (Å²) in [5, 5.41) is 5.00. The first-order chi connectivity index (χ1) is 13.5. The fourth-order valence-corrected chi connectivity index (χ4v) is 4.31. The van der Waals surface area contributed by atoms with Crippen molar-refractivity contribution in [3.05, 3.63) is 47.6 Å². The van der Waals surface area contributed by atoms with Gasteiger partial charge in [0.05, 0.1) is 21.6 Å². The maximum absolute atomic E-state index is 13.3. The Labute approximate surface area is 167 Å². The summed E-state index contributed by atoms with van der Waals surface area (Å²) in [7, 11) is 0. The van der Waals surface area contributed by atoms with Crippen LogP contribution in [0.1, 0.15) is 13.8 Å². The van der Waals surface area contributed by atoms with Crippen LogP contribution >= 0.6 is 11.3 Å². The minimum absolute atomic E-state index is 0.00218. The molecule has 0 spiro atoms. The number of nitrogens with zero attached hydrogens (tertiary/aromatic N) is 3. The minimum Gasteiger partial charge on any atom is -0.367 e. The maximum Gasteiger partial charge on any atom is 0.317 e. The van der Waals surface area contributed by atoms with E-state index < -0.39 is 0 Å². The zero-order chi connectivity index (χ0) is 19.7. The number of nitrogens with one attached hydrogen (secondary N) is 1. The van der Waals surface area contributed by atoms with E-state index >= 15 is 0 Å². The van der Waals surface area contributed by atoms with Gasteiger partial charge in [0, 0.05) is 37.8 Å². The van der Waals surface area contributed by atoms with Crippen LogP contribution < -0.4 is 10.2 Å². The number of piperazine rings is 1. The van der Waals surface area contributed by atoms with Crippen LogP contribution in [0.4, 0.5) is 14.9 Å². The van der Waals surface area contributed by atoms with Crippen molar-refractivity contribution in [2.45, 2.75) is 19.9 Å². The third kappa shape index (κ3) is 3.80. The topological polar surface area (TPSA) is 48.5 Å². The largest absolute Gasteiger partial charge is 0.367 e. The van der Waals surface area contributed by atoms with Crippen LogP contribution in [0.2, 0.25) is 0 Å². The standard InChI is InChI=1S/C21H23FN4OS/c1-14(2)23-21(27)26-10-8-25(9-11-26)19-13-18(15-3-5-16(22)6-4-15)24-17-7-12-28-20(17)19/h3-7,12-14H,8-11H2,1-2H3,(H,23,27). The second-order valence-electron chi connectivity index (χ2n) is 7.25. The Morgan fingerprint density at radius 2 is 1.86 bits per heavy atom. The maximum atomic E-state index is 13.3. The molecule has 5 nitrogen and oxygen atoms in total. The molecule has 0 bridgehead atoms. The molecule has 1 N–H and O–H groups in total. The van der Waals surface area contributed by atoms with Crippen LogP contribution in [0.3, 0.4) is 0 Å². The lowest BCUT2D eigenvalue weighted by Crippen LogP contribution is -2.52. The summed E-state index contributed by atoms with van der Waals surface area (Å²) in [6.07, 6.45) is 0. The predicted molar refractivity (Wildman–Crippen MR) is 112 cm³/mol. The number of amides is 2. The van der Waals surface area contributed by atoms with Gasteiger partial charge in [0.25, 0.3) is 0 Å². The number of rotatable bonds is 3. The van der Waals surface area contributed by atoms with Crippen LogP contribution in [0.5, 0.6) is 0 Å². The Morgan fingerprint density at radius 3 is 2.54 bits per heavy atom. The summed E-state index contributed by atoms with van der Waals surface area (Å²) in [6, 6.07) is 10.7. The average molecular weight is 399 g/mol. The Bertz CT molecular complexity index is 978. The molecule has 3 heterocycles. The van der Waals surface area contributed by atoms with Crippen LogP contribution in [0, 0.1) is 5.82 Å². The molecule has 1 aromatic carbocycles. The summed E-state index contributed by atoms with van der Waals surface area (Å²) < 4.78 is 14.4. The number of carbonyl (C=O) groups excluding carboxylic acids is 1. The number of carbonyl (C=O) groups is 1. The number of anilines is 1. The van der Waals surface area contributed by atoms with Crippen molar-refractivity contribution in [3.8, 4) is 11.3 Å². The van der Waals surface area contributed by atoms with Gasteiger partial charge in [-0.3, -0.25) is 0 Å². The SMILES string of the molecule is CC(C)NC(=O)N1CCN(c2cc(-c3ccc(F)cc3)nc3ccsc23)CC1. The molecule has 1 saturated heterocycles. The molecule has 28 heavy (non-hydrogen) atoms. The highest BCUT2D eigenvalue weighted by atomic mass is 32.1. The van der Waals surface area contributed by atoms with Gasteiger partial charge in [0.1, 0.15) is 5.82 Å². The number of hydrogen-bond donors (Lipinski definition) is 1. The molecule has 3 aromatic rings. The summed E-state index contributed by atoms with van der Waals surface area (Å²) >= 11 is 1.67. The van der Waals surface area contributed by atoms with E-state index in [1.807, 2.05) is 30.2 Å². The highest BCUT2D eigenvalue weighted by molar-refractivity contribution is 7.17. The molecule has 1 aliphatic rings. The predicted octanol–water partition coefficient (Wildman–Crippen LogP) is 4.34. The second-order valence-corrected chi connectivity index (χ2v) is 8.16. The molecule has 0 atom stereocenters. The van der Waals surface area contributed by atoms with E-state index in [0.717, 1.165) is 40.3 Å². The molecular weight excluding hydrogens is 375 g/mol. The molecule has 2 aromatic heterocycles. The van der Waals surface area contributed by atoms with E-state index in [1.54, 1.807) is 23.5 Å². The average Bonchev–Trinajstić information content (AvgIpc) is 3.16. The Balaban J connectivity index is 1.59. The van der Waals surface area contributed by atoms with Gasteiger partial charge in [-0.15, -0.1) is 11.3 Å². The quantitative estimate of drug-likeness (QED) is 0.714. The number of urea groups is 1. The van der Waals surface area contributed by atoms with Gasteiger partial charge in [-0.05, 0) is 55.6 Å². The van der Waals surface area contributed by atoms with E-state index in [4.69, 9.17) is 4.98 Å². The minimum atomic E-state index is -0.253. The van der Waals surface area contributed by atoms with Gasteiger partial charge in [0.2, 0.25) is 0 Å². The van der Waals surface area contributed by atoms with E-state index in [2.05, 4.69) is 16.3 Å². The van der Waals surface area contributed by atoms with Gasteiger partial charge in [-0.1, -0.05) is 0 Å². The van der Waals surface area contributed by atoms with Gasteiger partial charge in [-0.2, -0.15) is 0 Å². The summed E-state index contributed by atoms with van der Waals surface area (Å²) in [5.74, 6) is -0.253. The number of thiophene rings is 1. The molecule has 0 unspecified atom stereocenters. The number of fused-ring (bicyclic) bond motifs is 1. The highest BCUT2D eigenvalue weighted by Gasteiger charge is 2.23.